The van der Waals surface area contributed by atoms with Gasteiger partial charge in [-0.3, -0.25) is 4.72 Å². The second-order valence-corrected chi connectivity index (χ2v) is 8.52. The van der Waals surface area contributed by atoms with E-state index in [1.54, 1.807) is 42.5 Å². The van der Waals surface area contributed by atoms with Gasteiger partial charge in [0.2, 0.25) is 0 Å². The molecule has 27 heavy (non-hydrogen) atoms. The van der Waals surface area contributed by atoms with Crippen LogP contribution in [0.2, 0.25) is 0 Å². The summed E-state index contributed by atoms with van der Waals surface area (Å²) >= 11 is 1.12. The maximum atomic E-state index is 12.7. The van der Waals surface area contributed by atoms with Crippen LogP contribution in [-0.2, 0) is 14.8 Å². The number of aromatic hydroxyl groups is 1. The number of carbonyl (C=O) groups excluding carboxylic acids is 1. The molecule has 0 heterocycles. The summed E-state index contributed by atoms with van der Waals surface area (Å²) in [4.78, 5) is 11.1. The zero-order valence-corrected chi connectivity index (χ0v) is 15.7. The molecule has 0 atom stereocenters. The van der Waals surface area contributed by atoms with Crippen molar-refractivity contribution in [3.8, 4) is 5.75 Å². The number of rotatable bonds is 7. The number of carboxylic acid groups (broad SMARTS) is 1. The minimum Gasteiger partial charge on any atom is -0.550 e. The molecule has 140 valence electrons. The maximum Gasteiger partial charge on any atom is 0.261 e. The number of aliphatic carboxylic acids is 1. The Morgan fingerprint density at radius 1 is 1.04 bits per heavy atom. The number of phenols is 1. The summed E-state index contributed by atoms with van der Waals surface area (Å²) in [5.74, 6) is -1.01. The molecule has 0 radical (unpaired) electrons. The van der Waals surface area contributed by atoms with Crippen molar-refractivity contribution in [1.82, 2.24) is 0 Å². The first-order chi connectivity index (χ1) is 12.9. The van der Waals surface area contributed by atoms with E-state index in [4.69, 9.17) is 0 Å². The first-order valence-electron chi connectivity index (χ1n) is 8.04. The first-order valence-corrected chi connectivity index (χ1v) is 10.5. The van der Waals surface area contributed by atoms with Crippen LogP contribution in [0.15, 0.2) is 70.5 Å². The Morgan fingerprint density at radius 2 is 1.67 bits per heavy atom. The Hall–Kier alpha value is -2.71. The SMILES string of the molecule is O=C([O-])CCSc1cc(NS(=O)(=O)c2ccccc2)c2ccccc2c1O. The lowest BCUT2D eigenvalue weighted by atomic mass is 10.1. The van der Waals surface area contributed by atoms with Crippen molar-refractivity contribution in [2.75, 3.05) is 10.5 Å². The Morgan fingerprint density at radius 3 is 2.33 bits per heavy atom. The van der Waals surface area contributed by atoms with Gasteiger partial charge in [0.15, 0.2) is 0 Å². The van der Waals surface area contributed by atoms with Gasteiger partial charge >= 0.3 is 0 Å². The molecule has 0 amide bonds. The molecule has 2 N–H and O–H groups in total. The van der Waals surface area contributed by atoms with E-state index in [1.807, 2.05) is 0 Å². The van der Waals surface area contributed by atoms with E-state index in [0.29, 0.717) is 21.4 Å². The molecule has 6 nitrogen and oxygen atoms in total. The molecule has 0 aliphatic rings. The highest BCUT2D eigenvalue weighted by Gasteiger charge is 2.18. The van der Waals surface area contributed by atoms with Gasteiger partial charge in [-0.1, -0.05) is 42.5 Å². The van der Waals surface area contributed by atoms with Crippen molar-refractivity contribution < 1.29 is 23.4 Å². The molecule has 3 rings (SSSR count). The predicted octanol–water partition coefficient (Wildman–Crippen LogP) is 2.58. The third-order valence-electron chi connectivity index (χ3n) is 3.84. The molecular formula is C19H16NO5S2-. The van der Waals surface area contributed by atoms with E-state index in [0.717, 1.165) is 11.8 Å². The summed E-state index contributed by atoms with van der Waals surface area (Å²) in [6.07, 6.45) is -0.179. The van der Waals surface area contributed by atoms with Crippen LogP contribution in [-0.4, -0.2) is 25.2 Å². The van der Waals surface area contributed by atoms with Crippen LogP contribution in [0.5, 0.6) is 5.75 Å². The summed E-state index contributed by atoms with van der Waals surface area (Å²) in [6, 6.07) is 16.3. The van der Waals surface area contributed by atoms with Crippen LogP contribution in [0.25, 0.3) is 10.8 Å². The third kappa shape index (κ3) is 4.35. The van der Waals surface area contributed by atoms with E-state index in [-0.39, 0.29) is 22.8 Å². The number of fused-ring (bicyclic) bond motifs is 1. The van der Waals surface area contributed by atoms with Crippen molar-refractivity contribution in [1.29, 1.82) is 0 Å². The molecule has 0 aliphatic heterocycles. The van der Waals surface area contributed by atoms with E-state index < -0.39 is 16.0 Å². The number of sulfonamides is 1. The molecule has 0 aromatic heterocycles. The van der Waals surface area contributed by atoms with Crippen molar-refractivity contribution in [2.45, 2.75) is 16.2 Å². The van der Waals surface area contributed by atoms with Crippen molar-refractivity contribution in [3.05, 3.63) is 60.7 Å². The largest absolute Gasteiger partial charge is 0.550 e. The number of hydrogen-bond acceptors (Lipinski definition) is 6. The van der Waals surface area contributed by atoms with Gasteiger partial charge in [-0.25, -0.2) is 8.42 Å². The number of hydrogen-bond donors (Lipinski definition) is 2. The molecule has 0 saturated carbocycles. The Kier molecular flexibility index (Phi) is 5.57. The minimum atomic E-state index is -3.81. The summed E-state index contributed by atoms with van der Waals surface area (Å²) < 4.78 is 27.9. The van der Waals surface area contributed by atoms with Gasteiger partial charge in [0, 0.05) is 22.5 Å². The maximum absolute atomic E-state index is 12.7. The van der Waals surface area contributed by atoms with Gasteiger partial charge in [0.05, 0.1) is 15.5 Å². The standard InChI is InChI=1S/C19H17NO5S2/c21-18(22)10-11-26-17-12-16(14-8-4-5-9-15(14)19(17)23)20-27(24,25)13-6-2-1-3-7-13/h1-9,12,20,23H,10-11H2,(H,21,22)/p-1. The Labute approximate surface area is 160 Å². The molecule has 0 bridgehead atoms. The van der Waals surface area contributed by atoms with E-state index in [9.17, 15) is 23.4 Å². The Bertz CT molecular complexity index is 1080. The number of carboxylic acids is 1. The zero-order valence-electron chi connectivity index (χ0n) is 14.1. The second-order valence-electron chi connectivity index (χ2n) is 5.71. The molecule has 3 aromatic rings. The van der Waals surface area contributed by atoms with E-state index in [1.165, 1.54) is 18.2 Å². The number of carbonyl (C=O) groups is 1. The zero-order chi connectivity index (χ0) is 19.4. The van der Waals surface area contributed by atoms with Crippen LogP contribution < -0.4 is 9.83 Å². The highest BCUT2D eigenvalue weighted by atomic mass is 32.2. The third-order valence-corrected chi connectivity index (χ3v) is 6.25. The highest BCUT2D eigenvalue weighted by molar-refractivity contribution is 7.99. The van der Waals surface area contributed by atoms with E-state index >= 15 is 0 Å². The van der Waals surface area contributed by atoms with Gasteiger partial charge in [-0.05, 0) is 24.6 Å². The summed E-state index contributed by atoms with van der Waals surface area (Å²) in [7, 11) is -3.81. The fourth-order valence-corrected chi connectivity index (χ4v) is 4.60. The lowest BCUT2D eigenvalue weighted by Gasteiger charge is -2.15. The molecule has 0 aliphatic carbocycles. The van der Waals surface area contributed by atoms with Gasteiger partial charge in [-0.15, -0.1) is 11.8 Å². The smallest absolute Gasteiger partial charge is 0.261 e. The fraction of sp³-hybridized carbons (Fsp3) is 0.105. The average Bonchev–Trinajstić information content (AvgIpc) is 2.65. The van der Waals surface area contributed by atoms with Crippen LogP contribution in [0.4, 0.5) is 5.69 Å². The second kappa shape index (κ2) is 7.89. The van der Waals surface area contributed by atoms with Gasteiger partial charge in [0.25, 0.3) is 10.0 Å². The number of thioether (sulfide) groups is 1. The highest BCUT2D eigenvalue weighted by Crippen LogP contribution is 2.40. The number of phenolic OH excluding ortho intramolecular Hbond substituents is 1. The fourth-order valence-electron chi connectivity index (χ4n) is 2.58. The van der Waals surface area contributed by atoms with Gasteiger partial charge < -0.3 is 15.0 Å². The summed E-state index contributed by atoms with van der Waals surface area (Å²) in [5, 5.41) is 22.1. The molecule has 0 fully saturated rings. The summed E-state index contributed by atoms with van der Waals surface area (Å²) in [5.41, 5.74) is 0.309. The molecule has 0 spiro atoms. The Balaban J connectivity index is 2.03. The lowest BCUT2D eigenvalue weighted by Crippen LogP contribution is -2.22. The van der Waals surface area contributed by atoms with Gasteiger partial charge in [0.1, 0.15) is 5.75 Å². The molecule has 3 aromatic carbocycles. The lowest BCUT2D eigenvalue weighted by molar-refractivity contribution is -0.305. The monoisotopic (exact) mass is 402 g/mol. The van der Waals surface area contributed by atoms with Crippen molar-refractivity contribution in [2.24, 2.45) is 0 Å². The van der Waals surface area contributed by atoms with Gasteiger partial charge in [-0.2, -0.15) is 0 Å². The van der Waals surface area contributed by atoms with Crippen molar-refractivity contribution >= 4 is 44.2 Å². The quantitative estimate of drug-likeness (QED) is 0.465. The normalized spacial score (nSPS) is 11.4. The van der Waals surface area contributed by atoms with Crippen LogP contribution in [0, 0.1) is 0 Å². The van der Waals surface area contributed by atoms with Crippen LogP contribution >= 0.6 is 11.8 Å². The molecule has 8 heteroatoms. The topological polar surface area (TPSA) is 107 Å². The first kappa shape index (κ1) is 19.1. The molecule has 0 unspecified atom stereocenters. The predicted molar refractivity (Wildman–Crippen MR) is 103 cm³/mol. The summed E-state index contributed by atoms with van der Waals surface area (Å²) in [6.45, 7) is 0. The number of nitrogens with one attached hydrogen (secondary N) is 1. The van der Waals surface area contributed by atoms with E-state index in [2.05, 4.69) is 4.72 Å². The number of benzene rings is 3. The minimum absolute atomic E-state index is 0.0170. The molecule has 0 saturated heterocycles. The van der Waals surface area contributed by atoms with Crippen LogP contribution in [0.3, 0.4) is 0 Å². The average molecular weight is 402 g/mol. The molecular weight excluding hydrogens is 386 g/mol. The number of anilines is 1. The van der Waals surface area contributed by atoms with Crippen molar-refractivity contribution in [3.63, 3.8) is 0 Å². The van der Waals surface area contributed by atoms with Crippen LogP contribution in [0.1, 0.15) is 6.42 Å².